The first kappa shape index (κ1) is 19.7. The third-order valence-electron chi connectivity index (χ3n) is 3.97. The first-order valence-corrected chi connectivity index (χ1v) is 9.16. The molecule has 0 saturated carbocycles. The fraction of sp³-hybridized carbons (Fsp3) is 0.190. The summed E-state index contributed by atoms with van der Waals surface area (Å²) < 4.78 is 19.8. The molecule has 1 aliphatic heterocycles. The van der Waals surface area contributed by atoms with Crippen molar-refractivity contribution in [2.75, 3.05) is 11.5 Å². The van der Waals surface area contributed by atoms with E-state index in [1.165, 1.54) is 24.3 Å². The molecule has 3 rings (SSSR count). The molecule has 0 atom stereocenters. The second kappa shape index (κ2) is 8.31. The van der Waals surface area contributed by atoms with Gasteiger partial charge in [0.1, 0.15) is 17.1 Å². The molecule has 2 amide bonds. The van der Waals surface area contributed by atoms with Gasteiger partial charge in [-0.3, -0.25) is 14.9 Å². The first-order chi connectivity index (χ1) is 13.4. The fourth-order valence-corrected chi connectivity index (χ4v) is 2.87. The third-order valence-corrected chi connectivity index (χ3v) is 4.25. The van der Waals surface area contributed by atoms with Crippen LogP contribution in [0.25, 0.3) is 6.08 Å². The summed E-state index contributed by atoms with van der Waals surface area (Å²) in [5.41, 5.74) is 0.491. The summed E-state index contributed by atoms with van der Waals surface area (Å²) >= 11 is 5.07. The maximum atomic E-state index is 14.1. The van der Waals surface area contributed by atoms with Gasteiger partial charge in [-0.2, -0.15) is 0 Å². The Morgan fingerprint density at radius 1 is 1.14 bits per heavy atom. The van der Waals surface area contributed by atoms with Crippen LogP contribution in [-0.2, 0) is 9.59 Å². The summed E-state index contributed by atoms with van der Waals surface area (Å²) in [4.78, 5) is 26.1. The fourth-order valence-electron chi connectivity index (χ4n) is 2.60. The molecule has 0 radical (unpaired) electrons. The number of nitrogens with one attached hydrogen (secondary N) is 1. The van der Waals surface area contributed by atoms with Gasteiger partial charge in [0.25, 0.3) is 11.8 Å². The van der Waals surface area contributed by atoms with E-state index in [2.05, 4.69) is 19.2 Å². The quantitative estimate of drug-likeness (QED) is 0.474. The highest BCUT2D eigenvalue weighted by Crippen LogP contribution is 2.25. The average molecular weight is 398 g/mol. The molecule has 1 fully saturated rings. The van der Waals surface area contributed by atoms with Crippen molar-refractivity contribution in [3.63, 3.8) is 0 Å². The van der Waals surface area contributed by atoms with Crippen molar-refractivity contribution in [2.45, 2.75) is 13.8 Å². The zero-order chi connectivity index (χ0) is 20.3. The number of halogens is 1. The van der Waals surface area contributed by atoms with Crippen LogP contribution in [-0.4, -0.2) is 23.5 Å². The van der Waals surface area contributed by atoms with Crippen molar-refractivity contribution in [1.82, 2.24) is 5.32 Å². The number of para-hydroxylation sites is 1. The van der Waals surface area contributed by atoms with Crippen LogP contribution in [0.15, 0.2) is 54.1 Å². The minimum Gasteiger partial charge on any atom is -0.493 e. The van der Waals surface area contributed by atoms with Gasteiger partial charge in [0.15, 0.2) is 5.11 Å². The molecule has 1 N–H and O–H groups in total. The molecule has 5 nitrogen and oxygen atoms in total. The lowest BCUT2D eigenvalue weighted by Gasteiger charge is -2.29. The van der Waals surface area contributed by atoms with Crippen LogP contribution in [0.1, 0.15) is 19.4 Å². The molecular formula is C21H19FN2O3S. The molecule has 144 valence electrons. The second-order valence-corrected chi connectivity index (χ2v) is 7.07. The lowest BCUT2D eigenvalue weighted by molar-refractivity contribution is -0.122. The van der Waals surface area contributed by atoms with Crippen LogP contribution in [0.5, 0.6) is 5.75 Å². The van der Waals surface area contributed by atoms with Gasteiger partial charge in [-0.15, -0.1) is 0 Å². The van der Waals surface area contributed by atoms with E-state index in [4.69, 9.17) is 17.0 Å². The molecule has 7 heteroatoms. The van der Waals surface area contributed by atoms with Gasteiger partial charge < -0.3 is 4.74 Å². The van der Waals surface area contributed by atoms with Crippen molar-refractivity contribution in [3.8, 4) is 5.75 Å². The standard InChI is InChI=1S/C21H19FN2O3S/c1-13(2)12-27-15-9-7-14(8-10-15)11-16-19(25)23-21(28)24(20(16)26)18-6-4-3-5-17(18)22/h3-11,13H,12H2,1-2H3,(H,23,25,28)/b16-11+. The number of benzene rings is 2. The summed E-state index contributed by atoms with van der Waals surface area (Å²) in [6.45, 7) is 4.70. The lowest BCUT2D eigenvalue weighted by atomic mass is 10.1. The van der Waals surface area contributed by atoms with E-state index in [1.54, 1.807) is 30.3 Å². The third kappa shape index (κ3) is 4.26. The molecule has 0 aromatic heterocycles. The average Bonchev–Trinajstić information content (AvgIpc) is 2.65. The van der Waals surface area contributed by atoms with Crippen molar-refractivity contribution in [2.24, 2.45) is 5.92 Å². The highest BCUT2D eigenvalue weighted by atomic mass is 32.1. The van der Waals surface area contributed by atoms with Crippen LogP contribution in [0.3, 0.4) is 0 Å². The molecule has 0 unspecified atom stereocenters. The molecule has 2 aromatic carbocycles. The topological polar surface area (TPSA) is 58.6 Å². The van der Waals surface area contributed by atoms with Gasteiger partial charge in [-0.05, 0) is 54.0 Å². The molecule has 1 heterocycles. The van der Waals surface area contributed by atoms with Gasteiger partial charge >= 0.3 is 0 Å². The first-order valence-electron chi connectivity index (χ1n) is 8.75. The summed E-state index contributed by atoms with van der Waals surface area (Å²) in [5, 5.41) is 2.28. The number of carbonyl (C=O) groups is 2. The van der Waals surface area contributed by atoms with Crippen LogP contribution < -0.4 is 15.0 Å². The van der Waals surface area contributed by atoms with E-state index in [9.17, 15) is 14.0 Å². The van der Waals surface area contributed by atoms with Crippen molar-refractivity contribution < 1.29 is 18.7 Å². The van der Waals surface area contributed by atoms with E-state index in [0.717, 1.165) is 4.90 Å². The summed E-state index contributed by atoms with van der Waals surface area (Å²) in [6, 6.07) is 12.8. The van der Waals surface area contributed by atoms with Crippen molar-refractivity contribution in [1.29, 1.82) is 0 Å². The van der Waals surface area contributed by atoms with Crippen molar-refractivity contribution in [3.05, 3.63) is 65.5 Å². The number of nitrogens with zero attached hydrogens (tertiary/aromatic N) is 1. The normalized spacial score (nSPS) is 15.9. The highest BCUT2D eigenvalue weighted by molar-refractivity contribution is 7.80. The Balaban J connectivity index is 1.88. The number of hydrogen-bond donors (Lipinski definition) is 1. The predicted molar refractivity (Wildman–Crippen MR) is 109 cm³/mol. The highest BCUT2D eigenvalue weighted by Gasteiger charge is 2.35. The van der Waals surface area contributed by atoms with E-state index in [0.29, 0.717) is 23.8 Å². The molecule has 1 saturated heterocycles. The van der Waals surface area contributed by atoms with Crippen LogP contribution in [0, 0.1) is 11.7 Å². The minimum atomic E-state index is -0.681. The second-order valence-electron chi connectivity index (χ2n) is 6.68. The van der Waals surface area contributed by atoms with Crippen molar-refractivity contribution >= 4 is 40.9 Å². The van der Waals surface area contributed by atoms with Gasteiger partial charge in [0.05, 0.1) is 12.3 Å². The number of ether oxygens (including phenoxy) is 1. The Hall–Kier alpha value is -3.06. The molecule has 28 heavy (non-hydrogen) atoms. The molecular weight excluding hydrogens is 379 g/mol. The molecule has 1 aliphatic rings. The maximum Gasteiger partial charge on any atom is 0.270 e. The van der Waals surface area contributed by atoms with E-state index < -0.39 is 17.6 Å². The Morgan fingerprint density at radius 3 is 2.46 bits per heavy atom. The minimum absolute atomic E-state index is 0.0131. The van der Waals surface area contributed by atoms with Crippen LogP contribution in [0.2, 0.25) is 0 Å². The van der Waals surface area contributed by atoms with Gasteiger partial charge in [0, 0.05) is 0 Å². The number of anilines is 1. The summed E-state index contributed by atoms with van der Waals surface area (Å²) in [6.07, 6.45) is 1.44. The summed E-state index contributed by atoms with van der Waals surface area (Å²) in [5.74, 6) is -0.815. The van der Waals surface area contributed by atoms with Gasteiger partial charge in [0.2, 0.25) is 0 Å². The molecule has 2 aromatic rings. The van der Waals surface area contributed by atoms with Crippen LogP contribution >= 0.6 is 12.2 Å². The number of carbonyl (C=O) groups excluding carboxylic acids is 2. The molecule has 0 spiro atoms. The van der Waals surface area contributed by atoms with E-state index >= 15 is 0 Å². The molecule has 0 aliphatic carbocycles. The zero-order valence-corrected chi connectivity index (χ0v) is 16.3. The number of hydrogen-bond acceptors (Lipinski definition) is 4. The van der Waals surface area contributed by atoms with E-state index in [1.807, 2.05) is 0 Å². The van der Waals surface area contributed by atoms with E-state index in [-0.39, 0.29) is 16.4 Å². The number of thiocarbonyl (C=S) groups is 1. The Kier molecular flexibility index (Phi) is 5.84. The monoisotopic (exact) mass is 398 g/mol. The molecule has 0 bridgehead atoms. The summed E-state index contributed by atoms with van der Waals surface area (Å²) in [7, 11) is 0. The van der Waals surface area contributed by atoms with Crippen LogP contribution in [0.4, 0.5) is 10.1 Å². The Morgan fingerprint density at radius 2 is 1.82 bits per heavy atom. The maximum absolute atomic E-state index is 14.1. The Labute approximate surface area is 167 Å². The largest absolute Gasteiger partial charge is 0.493 e. The SMILES string of the molecule is CC(C)COc1ccc(/C=C2\C(=O)NC(=S)N(c3ccccc3F)C2=O)cc1. The van der Waals surface area contributed by atoms with Gasteiger partial charge in [-0.25, -0.2) is 9.29 Å². The Bertz CT molecular complexity index is 954. The smallest absolute Gasteiger partial charge is 0.270 e. The van der Waals surface area contributed by atoms with Gasteiger partial charge in [-0.1, -0.05) is 38.1 Å². The number of amides is 2. The number of rotatable bonds is 5. The zero-order valence-electron chi connectivity index (χ0n) is 15.4. The lowest BCUT2D eigenvalue weighted by Crippen LogP contribution is -2.54. The predicted octanol–water partition coefficient (Wildman–Crippen LogP) is 3.69.